The highest BCUT2D eigenvalue weighted by molar-refractivity contribution is 6.01. The highest BCUT2D eigenvalue weighted by atomic mass is 16.5. The number of aryl methyl sites for hydroxylation is 2. The number of rotatable bonds is 2. The van der Waals surface area contributed by atoms with Crippen LogP contribution in [-0.4, -0.2) is 30.8 Å². The van der Waals surface area contributed by atoms with Crippen LogP contribution in [0.5, 0.6) is 5.75 Å². The first-order valence-electron chi connectivity index (χ1n) is 8.55. The maximum atomic E-state index is 12.3. The fourth-order valence-corrected chi connectivity index (χ4v) is 4.02. The van der Waals surface area contributed by atoms with Gasteiger partial charge in [0.25, 0.3) is 5.56 Å². The van der Waals surface area contributed by atoms with Crippen LogP contribution in [0.25, 0.3) is 16.5 Å². The smallest absolute Gasteiger partial charge is 0.251 e. The topological polar surface area (TPSA) is 46.5 Å². The van der Waals surface area contributed by atoms with Crippen molar-refractivity contribution in [2.75, 3.05) is 25.1 Å². The Kier molecular flexibility index (Phi) is 3.51. The molecule has 1 aromatic heterocycles. The van der Waals surface area contributed by atoms with Gasteiger partial charge in [-0.3, -0.25) is 4.79 Å². The van der Waals surface area contributed by atoms with Gasteiger partial charge in [-0.2, -0.15) is 0 Å². The largest absolute Gasteiger partial charge is 0.487 e. The molecule has 0 amide bonds. The number of ether oxygens (including phenoxy) is 1. The summed E-state index contributed by atoms with van der Waals surface area (Å²) in [5, 5.41) is 4.29. The average molecular weight is 337 g/mol. The fraction of sp³-hybridized carbons (Fsp3) is 0.350. The first-order valence-corrected chi connectivity index (χ1v) is 8.55. The molecule has 1 aromatic carbocycles. The van der Waals surface area contributed by atoms with Gasteiger partial charge in [-0.25, -0.2) is 0 Å². The predicted molar refractivity (Wildman–Crippen MR) is 102 cm³/mol. The normalized spacial score (nSPS) is 18.9. The number of hydrogen-bond donors (Lipinski definition) is 1. The zero-order valence-corrected chi connectivity index (χ0v) is 15.1. The Hall–Kier alpha value is -2.53. The fourth-order valence-electron chi connectivity index (χ4n) is 4.02. The Morgan fingerprint density at radius 2 is 2.12 bits per heavy atom. The monoisotopic (exact) mass is 337 g/mol. The van der Waals surface area contributed by atoms with E-state index < -0.39 is 0 Å². The van der Waals surface area contributed by atoms with E-state index in [9.17, 15) is 4.79 Å². The number of nitrogens with one attached hydrogen (secondary N) is 1. The minimum absolute atomic E-state index is 0.0180. The molecule has 0 saturated heterocycles. The van der Waals surface area contributed by atoms with Crippen molar-refractivity contribution in [3.8, 4) is 5.75 Å². The summed E-state index contributed by atoms with van der Waals surface area (Å²) in [5.74, 6) is 0.789. The highest BCUT2D eigenvalue weighted by Gasteiger charge is 2.35. The lowest BCUT2D eigenvalue weighted by Gasteiger charge is -2.43. The number of allylic oxidation sites excluding steroid dienone is 2. The first kappa shape index (κ1) is 16.0. The second-order valence-electron chi connectivity index (χ2n) is 6.93. The van der Waals surface area contributed by atoms with Gasteiger partial charge in [-0.05, 0) is 44.2 Å². The summed E-state index contributed by atoms with van der Waals surface area (Å²) in [6.07, 6.45) is 2.13. The maximum Gasteiger partial charge on any atom is 0.251 e. The van der Waals surface area contributed by atoms with Gasteiger partial charge in [-0.15, -0.1) is 0 Å². The van der Waals surface area contributed by atoms with Crippen LogP contribution in [0.1, 0.15) is 18.1 Å². The third-order valence-corrected chi connectivity index (χ3v) is 5.24. The van der Waals surface area contributed by atoms with Crippen LogP contribution >= 0.6 is 0 Å². The quantitative estimate of drug-likeness (QED) is 0.915. The molecule has 0 radical (unpaired) electrons. The van der Waals surface area contributed by atoms with Crippen LogP contribution < -0.4 is 20.5 Å². The van der Waals surface area contributed by atoms with Crippen LogP contribution in [0.3, 0.4) is 0 Å². The lowest BCUT2D eigenvalue weighted by molar-refractivity contribution is 0.268. The first-order chi connectivity index (χ1) is 11.9. The minimum Gasteiger partial charge on any atom is -0.487 e. The van der Waals surface area contributed by atoms with Crippen molar-refractivity contribution >= 4 is 22.2 Å². The highest BCUT2D eigenvalue weighted by Crippen LogP contribution is 2.49. The van der Waals surface area contributed by atoms with Crippen molar-refractivity contribution in [2.45, 2.75) is 19.9 Å². The third kappa shape index (κ3) is 2.15. The van der Waals surface area contributed by atoms with Crippen molar-refractivity contribution in [3.63, 3.8) is 0 Å². The number of aromatic nitrogens is 1. The SMILES string of the molecule is C=C1C=C(C)c2cc3c(C)cc(=O)n(C)c3c3c2N1[C@@H](CNC)CO3. The zero-order chi connectivity index (χ0) is 17.9. The summed E-state index contributed by atoms with van der Waals surface area (Å²) in [5.41, 5.74) is 6.13. The van der Waals surface area contributed by atoms with Gasteiger partial charge in [0.2, 0.25) is 0 Å². The third-order valence-electron chi connectivity index (χ3n) is 5.24. The van der Waals surface area contributed by atoms with E-state index in [0.29, 0.717) is 6.61 Å². The second kappa shape index (κ2) is 5.49. The number of fused-ring (bicyclic) bond motifs is 2. The van der Waals surface area contributed by atoms with E-state index in [0.717, 1.165) is 45.7 Å². The van der Waals surface area contributed by atoms with Gasteiger partial charge in [0.05, 0.1) is 17.2 Å². The average Bonchev–Trinajstić information content (AvgIpc) is 2.57. The Morgan fingerprint density at radius 1 is 1.36 bits per heavy atom. The summed E-state index contributed by atoms with van der Waals surface area (Å²) in [6.45, 7) is 9.70. The van der Waals surface area contributed by atoms with Crippen LogP contribution in [0.15, 0.2) is 35.3 Å². The molecular formula is C20H23N3O2. The molecule has 3 heterocycles. The van der Waals surface area contributed by atoms with Crippen LogP contribution in [0.4, 0.5) is 5.69 Å². The molecule has 1 N–H and O–H groups in total. The molecule has 5 heteroatoms. The van der Waals surface area contributed by atoms with Crippen molar-refractivity contribution in [3.05, 3.63) is 52.0 Å². The lowest BCUT2D eigenvalue weighted by atomic mass is 9.92. The molecule has 2 aliphatic rings. The van der Waals surface area contributed by atoms with E-state index in [4.69, 9.17) is 4.74 Å². The summed E-state index contributed by atoms with van der Waals surface area (Å²) in [4.78, 5) is 14.6. The Balaban J connectivity index is 2.13. The Bertz CT molecular complexity index is 1000. The van der Waals surface area contributed by atoms with Gasteiger partial charge < -0.3 is 19.5 Å². The number of anilines is 1. The molecule has 2 aromatic rings. The Labute approximate surface area is 147 Å². The van der Waals surface area contributed by atoms with Crippen molar-refractivity contribution in [2.24, 2.45) is 7.05 Å². The molecule has 130 valence electrons. The molecule has 0 aliphatic carbocycles. The van der Waals surface area contributed by atoms with Crippen molar-refractivity contribution < 1.29 is 4.74 Å². The van der Waals surface area contributed by atoms with E-state index in [1.165, 1.54) is 5.57 Å². The van der Waals surface area contributed by atoms with Crippen LogP contribution in [0, 0.1) is 6.92 Å². The van der Waals surface area contributed by atoms with E-state index in [1.807, 2.05) is 14.0 Å². The van der Waals surface area contributed by atoms with Crippen LogP contribution in [-0.2, 0) is 7.05 Å². The summed E-state index contributed by atoms with van der Waals surface area (Å²) < 4.78 is 7.91. The summed E-state index contributed by atoms with van der Waals surface area (Å²) in [6, 6.07) is 4.04. The molecule has 25 heavy (non-hydrogen) atoms. The summed E-state index contributed by atoms with van der Waals surface area (Å²) in [7, 11) is 3.75. The van der Waals surface area contributed by atoms with Crippen molar-refractivity contribution in [1.82, 2.24) is 9.88 Å². The van der Waals surface area contributed by atoms with Gasteiger partial charge in [-0.1, -0.05) is 6.58 Å². The maximum absolute atomic E-state index is 12.3. The molecule has 4 rings (SSSR count). The molecule has 2 aliphatic heterocycles. The lowest BCUT2D eigenvalue weighted by Crippen LogP contribution is -2.48. The molecule has 0 bridgehead atoms. The zero-order valence-electron chi connectivity index (χ0n) is 15.1. The number of likely N-dealkylation sites (N-methyl/N-ethyl adjacent to an activating group) is 1. The van der Waals surface area contributed by atoms with E-state index >= 15 is 0 Å². The predicted octanol–water partition coefficient (Wildman–Crippen LogP) is 2.56. The number of pyridine rings is 1. The number of nitrogens with zero attached hydrogens (tertiary/aromatic N) is 2. The van der Waals surface area contributed by atoms with Crippen molar-refractivity contribution in [1.29, 1.82) is 0 Å². The molecule has 1 atom stereocenters. The van der Waals surface area contributed by atoms with Crippen LogP contribution in [0.2, 0.25) is 0 Å². The molecule has 0 saturated carbocycles. The standard InChI is InChI=1S/C20H23N3O2/c1-11-6-13(3)23-14(9-21-4)10-25-20-18-15(8-16(11)19(20)23)12(2)7-17(24)22(18)5/h6-8,14,21H,3,9-10H2,1-2,4-5H3/t14-/m0/s1. The molecule has 0 unspecified atom stereocenters. The van der Waals surface area contributed by atoms with Gasteiger partial charge in [0, 0.05) is 36.3 Å². The van der Waals surface area contributed by atoms with Gasteiger partial charge in [0.15, 0.2) is 5.75 Å². The van der Waals surface area contributed by atoms with E-state index in [-0.39, 0.29) is 11.6 Å². The second-order valence-corrected chi connectivity index (χ2v) is 6.93. The Morgan fingerprint density at radius 3 is 2.84 bits per heavy atom. The van der Waals surface area contributed by atoms with E-state index in [2.05, 4.69) is 35.9 Å². The molecule has 0 fully saturated rings. The number of hydrogen-bond acceptors (Lipinski definition) is 4. The minimum atomic E-state index is -0.0180. The number of benzene rings is 1. The molecule has 5 nitrogen and oxygen atoms in total. The summed E-state index contributed by atoms with van der Waals surface area (Å²) >= 11 is 0. The van der Waals surface area contributed by atoms with Gasteiger partial charge >= 0.3 is 0 Å². The molecule has 0 spiro atoms. The van der Waals surface area contributed by atoms with E-state index in [1.54, 1.807) is 17.7 Å². The van der Waals surface area contributed by atoms with Gasteiger partial charge in [0.1, 0.15) is 6.61 Å². The molecular weight excluding hydrogens is 314 g/mol.